The van der Waals surface area contributed by atoms with Crippen molar-refractivity contribution in [2.24, 2.45) is 0 Å². The zero-order valence-electron chi connectivity index (χ0n) is 11.7. The maximum Gasteiger partial charge on any atom is 0.264 e. The maximum atomic E-state index is 12.6. The van der Waals surface area contributed by atoms with Crippen LogP contribution in [0.15, 0.2) is 47.6 Å². The molecular weight excluding hydrogens is 286 g/mol. The van der Waals surface area contributed by atoms with Crippen molar-refractivity contribution in [3.8, 4) is 0 Å². The maximum absolute atomic E-state index is 12.6. The van der Waals surface area contributed by atoms with Gasteiger partial charge < -0.3 is 4.98 Å². The Labute approximate surface area is 123 Å². The van der Waals surface area contributed by atoms with Crippen molar-refractivity contribution >= 4 is 26.7 Å². The van der Waals surface area contributed by atoms with Gasteiger partial charge >= 0.3 is 0 Å². The van der Waals surface area contributed by atoms with E-state index < -0.39 is 10.0 Å². The third-order valence-electron chi connectivity index (χ3n) is 3.34. The van der Waals surface area contributed by atoms with Crippen molar-refractivity contribution in [1.29, 1.82) is 0 Å². The van der Waals surface area contributed by atoms with Gasteiger partial charge in [0.25, 0.3) is 10.0 Å². The number of anilines is 1. The summed E-state index contributed by atoms with van der Waals surface area (Å²) in [5.74, 6) is 0. The van der Waals surface area contributed by atoms with Crippen LogP contribution in [0.3, 0.4) is 0 Å². The lowest BCUT2D eigenvalue weighted by Gasteiger charge is -2.10. The molecule has 0 radical (unpaired) electrons. The van der Waals surface area contributed by atoms with Gasteiger partial charge in [0, 0.05) is 17.8 Å². The molecule has 2 N–H and O–H groups in total. The van der Waals surface area contributed by atoms with Crippen LogP contribution >= 0.6 is 0 Å². The van der Waals surface area contributed by atoms with Crippen molar-refractivity contribution in [2.45, 2.75) is 18.7 Å². The Morgan fingerprint density at radius 2 is 2.00 bits per heavy atom. The molecule has 0 aliphatic rings. The molecule has 2 heterocycles. The molecule has 0 unspecified atom stereocenters. The van der Waals surface area contributed by atoms with Gasteiger partial charge in [-0.2, -0.15) is 0 Å². The average molecular weight is 301 g/mol. The fraction of sp³-hybridized carbons (Fsp3) is 0.133. The minimum Gasteiger partial charge on any atom is -0.345 e. The molecule has 0 saturated carbocycles. The smallest absolute Gasteiger partial charge is 0.264 e. The van der Waals surface area contributed by atoms with Gasteiger partial charge in [0.05, 0.1) is 5.69 Å². The highest BCUT2D eigenvalue weighted by Crippen LogP contribution is 2.25. The van der Waals surface area contributed by atoms with Gasteiger partial charge in [0.1, 0.15) is 10.5 Å². The van der Waals surface area contributed by atoms with Gasteiger partial charge in [-0.05, 0) is 43.2 Å². The topological polar surface area (TPSA) is 74.8 Å². The van der Waals surface area contributed by atoms with Crippen LogP contribution < -0.4 is 4.72 Å². The molecule has 0 fully saturated rings. The average Bonchev–Trinajstić information content (AvgIpc) is 2.87. The molecule has 3 aromatic rings. The minimum atomic E-state index is -3.66. The molecule has 0 amide bonds. The van der Waals surface area contributed by atoms with E-state index >= 15 is 0 Å². The number of benzene rings is 1. The Morgan fingerprint density at radius 3 is 2.81 bits per heavy atom. The lowest BCUT2D eigenvalue weighted by atomic mass is 10.1. The standard InChI is InChI=1S/C15H15N3O2S/c1-10-5-6-11(2)13(8-10)18-21(19,20)14-9-17-15-12(14)4-3-7-16-15/h3-9,18H,1-2H3,(H,16,17). The second-order valence-electron chi connectivity index (χ2n) is 4.98. The van der Waals surface area contributed by atoms with Crippen molar-refractivity contribution in [3.63, 3.8) is 0 Å². The first kappa shape index (κ1) is 13.6. The number of fused-ring (bicyclic) bond motifs is 1. The van der Waals surface area contributed by atoms with Crippen molar-refractivity contribution in [2.75, 3.05) is 4.72 Å². The van der Waals surface area contributed by atoms with Crippen LogP contribution in [-0.2, 0) is 10.0 Å². The first-order valence-corrected chi connectivity index (χ1v) is 7.98. The van der Waals surface area contributed by atoms with Crippen molar-refractivity contribution < 1.29 is 8.42 Å². The van der Waals surface area contributed by atoms with E-state index in [-0.39, 0.29) is 4.90 Å². The van der Waals surface area contributed by atoms with Crippen molar-refractivity contribution in [1.82, 2.24) is 9.97 Å². The molecule has 108 valence electrons. The number of H-pyrrole nitrogens is 1. The van der Waals surface area contributed by atoms with Crippen LogP contribution in [0, 0.1) is 13.8 Å². The summed E-state index contributed by atoms with van der Waals surface area (Å²) in [5.41, 5.74) is 3.02. The molecule has 2 aromatic heterocycles. The largest absolute Gasteiger partial charge is 0.345 e. The van der Waals surface area contributed by atoms with Crippen LogP contribution in [0.4, 0.5) is 5.69 Å². The molecule has 0 spiro atoms. The summed E-state index contributed by atoms with van der Waals surface area (Å²) in [4.78, 5) is 7.18. The molecule has 6 heteroatoms. The van der Waals surface area contributed by atoms with Crippen LogP contribution in [-0.4, -0.2) is 18.4 Å². The number of rotatable bonds is 3. The monoisotopic (exact) mass is 301 g/mol. The highest BCUT2D eigenvalue weighted by Gasteiger charge is 2.20. The molecule has 0 aliphatic heterocycles. The van der Waals surface area contributed by atoms with E-state index in [1.54, 1.807) is 18.3 Å². The summed E-state index contributed by atoms with van der Waals surface area (Å²) in [6, 6.07) is 9.11. The minimum absolute atomic E-state index is 0.200. The number of aryl methyl sites for hydroxylation is 2. The zero-order valence-corrected chi connectivity index (χ0v) is 12.5. The zero-order chi connectivity index (χ0) is 15.0. The Bertz CT molecular complexity index is 914. The third kappa shape index (κ3) is 2.50. The van der Waals surface area contributed by atoms with Crippen LogP contribution in [0.5, 0.6) is 0 Å². The van der Waals surface area contributed by atoms with E-state index in [0.29, 0.717) is 16.7 Å². The number of nitrogens with one attached hydrogen (secondary N) is 2. The van der Waals surface area contributed by atoms with E-state index in [4.69, 9.17) is 0 Å². The lowest BCUT2D eigenvalue weighted by molar-refractivity contribution is 0.602. The van der Waals surface area contributed by atoms with Crippen LogP contribution in [0.1, 0.15) is 11.1 Å². The molecule has 0 saturated heterocycles. The fourth-order valence-corrected chi connectivity index (χ4v) is 3.49. The van der Waals surface area contributed by atoms with E-state index in [2.05, 4.69) is 14.7 Å². The summed E-state index contributed by atoms with van der Waals surface area (Å²) >= 11 is 0. The summed E-state index contributed by atoms with van der Waals surface area (Å²) in [6.45, 7) is 3.79. The second-order valence-corrected chi connectivity index (χ2v) is 6.63. The molecule has 0 atom stereocenters. The number of hydrogen-bond donors (Lipinski definition) is 2. The Morgan fingerprint density at radius 1 is 1.19 bits per heavy atom. The quantitative estimate of drug-likeness (QED) is 0.781. The number of nitrogens with zero attached hydrogens (tertiary/aromatic N) is 1. The van der Waals surface area contributed by atoms with E-state index in [0.717, 1.165) is 11.1 Å². The highest BCUT2D eigenvalue weighted by molar-refractivity contribution is 7.93. The molecule has 0 bridgehead atoms. The number of aromatic nitrogens is 2. The number of aromatic amines is 1. The first-order chi connectivity index (χ1) is 9.97. The third-order valence-corrected chi connectivity index (χ3v) is 4.75. The predicted molar refractivity (Wildman–Crippen MR) is 82.8 cm³/mol. The molecule has 3 rings (SSSR count). The number of sulfonamides is 1. The molecule has 1 aromatic carbocycles. The van der Waals surface area contributed by atoms with Gasteiger partial charge in [-0.25, -0.2) is 13.4 Å². The Kier molecular flexibility index (Phi) is 3.17. The van der Waals surface area contributed by atoms with E-state index in [1.165, 1.54) is 6.20 Å². The molecule has 0 aliphatic carbocycles. The predicted octanol–water partition coefficient (Wildman–Crippen LogP) is 2.98. The second kappa shape index (κ2) is 4.89. The van der Waals surface area contributed by atoms with E-state index in [9.17, 15) is 8.42 Å². The van der Waals surface area contributed by atoms with Gasteiger partial charge in [0.2, 0.25) is 0 Å². The van der Waals surface area contributed by atoms with Gasteiger partial charge in [-0.1, -0.05) is 12.1 Å². The molecule has 5 nitrogen and oxygen atoms in total. The summed E-state index contributed by atoms with van der Waals surface area (Å²) in [7, 11) is -3.66. The summed E-state index contributed by atoms with van der Waals surface area (Å²) in [6.07, 6.45) is 3.08. The summed E-state index contributed by atoms with van der Waals surface area (Å²) < 4.78 is 27.8. The van der Waals surface area contributed by atoms with Crippen molar-refractivity contribution in [3.05, 3.63) is 53.9 Å². The fourth-order valence-electron chi connectivity index (χ4n) is 2.20. The first-order valence-electron chi connectivity index (χ1n) is 6.49. The van der Waals surface area contributed by atoms with Gasteiger partial charge in [-0.3, -0.25) is 4.72 Å². The Hall–Kier alpha value is -2.34. The highest BCUT2D eigenvalue weighted by atomic mass is 32.2. The number of hydrogen-bond acceptors (Lipinski definition) is 3. The molecule has 21 heavy (non-hydrogen) atoms. The van der Waals surface area contributed by atoms with E-state index in [1.807, 2.05) is 32.0 Å². The normalized spacial score (nSPS) is 11.7. The SMILES string of the molecule is Cc1ccc(C)c(NS(=O)(=O)c2c[nH]c3ncccc23)c1. The lowest BCUT2D eigenvalue weighted by Crippen LogP contribution is -2.13. The van der Waals surface area contributed by atoms with Gasteiger partial charge in [0.15, 0.2) is 0 Å². The summed E-state index contributed by atoms with van der Waals surface area (Å²) in [5, 5.41) is 0.579. The van der Waals surface area contributed by atoms with Crippen LogP contribution in [0.25, 0.3) is 11.0 Å². The van der Waals surface area contributed by atoms with Crippen LogP contribution in [0.2, 0.25) is 0 Å². The molecular formula is C15H15N3O2S. The Balaban J connectivity index is 2.07. The van der Waals surface area contributed by atoms with Gasteiger partial charge in [-0.15, -0.1) is 0 Å². The number of pyridine rings is 1.